The Kier molecular flexibility index (Phi) is 6.65. The van der Waals surface area contributed by atoms with Crippen molar-refractivity contribution in [3.8, 4) is 17.0 Å². The summed E-state index contributed by atoms with van der Waals surface area (Å²) in [6.45, 7) is 0.754. The first-order valence-electron chi connectivity index (χ1n) is 9.28. The summed E-state index contributed by atoms with van der Waals surface area (Å²) in [5.41, 5.74) is 3.65. The van der Waals surface area contributed by atoms with E-state index in [0.29, 0.717) is 5.56 Å². The first kappa shape index (κ1) is 23.7. The van der Waals surface area contributed by atoms with Crippen molar-refractivity contribution >= 4 is 11.8 Å². The van der Waals surface area contributed by atoms with Gasteiger partial charge in [0.25, 0.3) is 5.91 Å². The van der Waals surface area contributed by atoms with E-state index in [1.165, 1.54) is 19.1 Å². The average molecular weight is 469 g/mol. The van der Waals surface area contributed by atoms with Crippen LogP contribution in [0.2, 0.25) is 0 Å². The van der Waals surface area contributed by atoms with Gasteiger partial charge in [0, 0.05) is 12.5 Å². The van der Waals surface area contributed by atoms with Gasteiger partial charge in [0.05, 0.1) is 5.56 Å². The van der Waals surface area contributed by atoms with Gasteiger partial charge in [-0.05, 0) is 24.3 Å². The molecule has 0 saturated carbocycles. The molecule has 1 unspecified atom stereocenters. The molecule has 0 bridgehead atoms. The number of aromatic nitrogens is 1. The van der Waals surface area contributed by atoms with Crippen molar-refractivity contribution in [3.63, 3.8) is 0 Å². The molecule has 0 aliphatic rings. The zero-order valence-electron chi connectivity index (χ0n) is 16.9. The van der Waals surface area contributed by atoms with Crippen molar-refractivity contribution in [2.24, 2.45) is 5.73 Å². The molecular formula is C21H16F5N3O4. The zero-order valence-corrected chi connectivity index (χ0v) is 16.9. The molecule has 3 aromatic rings. The number of carbonyl (C=O) groups excluding carboxylic acids is 2. The maximum absolute atomic E-state index is 14.4. The standard InChI is InChI=1S/C21H16F5N3O4/c1-10(30)28-15(9-32-16-7-6-13(22)17(18(16)23)19(27)31)20-29-14(8-33-20)11-2-4-12(5-3-11)21(24,25)26/h2-8,15H,9H2,1H3,(H2,27,31)(H,28,30). The Labute approximate surface area is 183 Å². The summed E-state index contributed by atoms with van der Waals surface area (Å²) < 4.78 is 76.8. The molecule has 2 amide bonds. The lowest BCUT2D eigenvalue weighted by Crippen LogP contribution is -2.31. The second-order valence-corrected chi connectivity index (χ2v) is 6.81. The lowest BCUT2D eigenvalue weighted by Gasteiger charge is -2.16. The number of ether oxygens (including phenoxy) is 1. The molecule has 33 heavy (non-hydrogen) atoms. The number of nitrogens with one attached hydrogen (secondary N) is 1. The second-order valence-electron chi connectivity index (χ2n) is 6.81. The Morgan fingerprint density at radius 1 is 1.15 bits per heavy atom. The molecule has 1 atom stereocenters. The SMILES string of the molecule is CC(=O)NC(COc1ccc(F)c(C(N)=O)c1F)c1nc(-c2ccc(C(F)(F)F)cc2)co1. The van der Waals surface area contributed by atoms with Gasteiger partial charge in [-0.2, -0.15) is 13.2 Å². The third kappa shape index (κ3) is 5.45. The van der Waals surface area contributed by atoms with Gasteiger partial charge in [-0.15, -0.1) is 0 Å². The van der Waals surface area contributed by atoms with E-state index in [9.17, 15) is 31.5 Å². The molecule has 3 rings (SSSR count). The van der Waals surface area contributed by atoms with Crippen LogP contribution >= 0.6 is 0 Å². The van der Waals surface area contributed by atoms with E-state index in [1.807, 2.05) is 0 Å². The minimum absolute atomic E-state index is 0.0854. The minimum atomic E-state index is -4.49. The van der Waals surface area contributed by atoms with Gasteiger partial charge < -0.3 is 20.2 Å². The predicted octanol–water partition coefficient (Wildman–Crippen LogP) is 3.99. The van der Waals surface area contributed by atoms with Crippen LogP contribution in [0.3, 0.4) is 0 Å². The number of carbonyl (C=O) groups is 2. The molecule has 0 fully saturated rings. The van der Waals surface area contributed by atoms with Gasteiger partial charge in [-0.3, -0.25) is 9.59 Å². The molecule has 0 spiro atoms. The number of nitrogens with two attached hydrogens (primary N) is 1. The van der Waals surface area contributed by atoms with Gasteiger partial charge in [0.15, 0.2) is 11.6 Å². The number of hydrogen-bond donors (Lipinski definition) is 2. The third-order valence-corrected chi connectivity index (χ3v) is 4.41. The summed E-state index contributed by atoms with van der Waals surface area (Å²) in [6.07, 6.45) is -3.33. The molecule has 0 aliphatic carbocycles. The number of primary amides is 1. The van der Waals surface area contributed by atoms with Crippen molar-refractivity contribution in [2.45, 2.75) is 19.1 Å². The molecule has 2 aromatic carbocycles. The fourth-order valence-electron chi connectivity index (χ4n) is 2.87. The van der Waals surface area contributed by atoms with E-state index in [0.717, 1.165) is 30.5 Å². The maximum Gasteiger partial charge on any atom is 0.416 e. The van der Waals surface area contributed by atoms with E-state index in [1.54, 1.807) is 0 Å². The monoisotopic (exact) mass is 469 g/mol. The van der Waals surface area contributed by atoms with Crippen molar-refractivity contribution in [1.82, 2.24) is 10.3 Å². The summed E-state index contributed by atoms with van der Waals surface area (Å²) in [5.74, 6) is -4.92. The highest BCUT2D eigenvalue weighted by molar-refractivity contribution is 5.93. The van der Waals surface area contributed by atoms with Crippen molar-refractivity contribution < 1.29 is 40.7 Å². The average Bonchev–Trinajstić information content (AvgIpc) is 3.21. The number of halogens is 5. The number of nitrogens with zero attached hydrogens (tertiary/aromatic N) is 1. The highest BCUT2D eigenvalue weighted by atomic mass is 19.4. The van der Waals surface area contributed by atoms with Gasteiger partial charge in [-0.1, -0.05) is 12.1 Å². The lowest BCUT2D eigenvalue weighted by atomic mass is 10.1. The van der Waals surface area contributed by atoms with Crippen LogP contribution in [0.25, 0.3) is 11.3 Å². The van der Waals surface area contributed by atoms with Crippen LogP contribution in [0.5, 0.6) is 5.75 Å². The summed E-state index contributed by atoms with van der Waals surface area (Å²) in [5, 5.41) is 2.47. The predicted molar refractivity (Wildman–Crippen MR) is 104 cm³/mol. The van der Waals surface area contributed by atoms with Crippen molar-refractivity contribution in [2.75, 3.05) is 6.61 Å². The van der Waals surface area contributed by atoms with Gasteiger partial charge in [-0.25, -0.2) is 13.8 Å². The Morgan fingerprint density at radius 3 is 2.39 bits per heavy atom. The minimum Gasteiger partial charge on any atom is -0.488 e. The molecule has 0 saturated heterocycles. The number of hydrogen-bond acceptors (Lipinski definition) is 5. The van der Waals surface area contributed by atoms with Crippen molar-refractivity contribution in [3.05, 3.63) is 71.3 Å². The first-order valence-corrected chi connectivity index (χ1v) is 9.28. The second kappa shape index (κ2) is 9.27. The quantitative estimate of drug-likeness (QED) is 0.509. The fraction of sp³-hybridized carbons (Fsp3) is 0.190. The molecule has 7 nitrogen and oxygen atoms in total. The maximum atomic E-state index is 14.4. The molecule has 1 aromatic heterocycles. The lowest BCUT2D eigenvalue weighted by molar-refractivity contribution is -0.137. The van der Waals surface area contributed by atoms with E-state index >= 15 is 0 Å². The Bertz CT molecular complexity index is 1180. The number of amides is 2. The highest BCUT2D eigenvalue weighted by Gasteiger charge is 2.30. The van der Waals surface area contributed by atoms with E-state index in [2.05, 4.69) is 10.3 Å². The molecule has 12 heteroatoms. The van der Waals surface area contributed by atoms with E-state index in [-0.39, 0.29) is 11.6 Å². The van der Waals surface area contributed by atoms with Crippen LogP contribution in [0, 0.1) is 11.6 Å². The summed E-state index contributed by atoms with van der Waals surface area (Å²) in [6, 6.07) is 4.84. The first-order chi connectivity index (χ1) is 15.5. The molecule has 0 radical (unpaired) electrons. The summed E-state index contributed by atoms with van der Waals surface area (Å²) in [4.78, 5) is 27.0. The zero-order chi connectivity index (χ0) is 24.3. The molecular weight excluding hydrogens is 453 g/mol. The Morgan fingerprint density at radius 2 is 1.82 bits per heavy atom. The topological polar surface area (TPSA) is 107 Å². The molecule has 3 N–H and O–H groups in total. The number of alkyl halides is 3. The van der Waals surface area contributed by atoms with Crippen LogP contribution in [0.4, 0.5) is 22.0 Å². The smallest absolute Gasteiger partial charge is 0.416 e. The van der Waals surface area contributed by atoms with Gasteiger partial charge in [0.2, 0.25) is 11.8 Å². The Hall–Kier alpha value is -3.96. The molecule has 1 heterocycles. The van der Waals surface area contributed by atoms with Crippen LogP contribution < -0.4 is 15.8 Å². The molecule has 174 valence electrons. The fourth-order valence-corrected chi connectivity index (χ4v) is 2.87. The summed E-state index contributed by atoms with van der Waals surface area (Å²) in [7, 11) is 0. The third-order valence-electron chi connectivity index (χ3n) is 4.41. The van der Waals surface area contributed by atoms with Crippen LogP contribution in [-0.4, -0.2) is 23.4 Å². The largest absolute Gasteiger partial charge is 0.488 e. The Balaban J connectivity index is 1.82. The van der Waals surface area contributed by atoms with Crippen LogP contribution in [0.15, 0.2) is 47.1 Å². The highest BCUT2D eigenvalue weighted by Crippen LogP contribution is 2.31. The normalized spacial score (nSPS) is 12.3. The van der Waals surface area contributed by atoms with E-state index in [4.69, 9.17) is 14.9 Å². The molecule has 0 aliphatic heterocycles. The number of oxazole rings is 1. The van der Waals surface area contributed by atoms with E-state index < -0.39 is 59.2 Å². The van der Waals surface area contributed by atoms with Crippen molar-refractivity contribution in [1.29, 1.82) is 0 Å². The number of rotatable bonds is 7. The van der Waals surface area contributed by atoms with Crippen LogP contribution in [0.1, 0.15) is 34.8 Å². The van der Waals surface area contributed by atoms with Gasteiger partial charge >= 0.3 is 6.18 Å². The van der Waals surface area contributed by atoms with Gasteiger partial charge in [0.1, 0.15) is 36.0 Å². The van der Waals surface area contributed by atoms with Crippen LogP contribution in [-0.2, 0) is 11.0 Å². The summed E-state index contributed by atoms with van der Waals surface area (Å²) >= 11 is 0. The number of benzene rings is 2.